The molecule has 0 saturated carbocycles. The van der Waals surface area contributed by atoms with E-state index in [0.29, 0.717) is 0 Å². The number of nitrogens with one attached hydrogen (secondary N) is 1. The van der Waals surface area contributed by atoms with Crippen molar-refractivity contribution >= 4 is 23.1 Å². The van der Waals surface area contributed by atoms with Gasteiger partial charge in [0.25, 0.3) is 0 Å². The van der Waals surface area contributed by atoms with Crippen molar-refractivity contribution in [2.75, 3.05) is 0 Å². The van der Waals surface area contributed by atoms with Crippen molar-refractivity contribution in [3.63, 3.8) is 0 Å². The predicted octanol–water partition coefficient (Wildman–Crippen LogP) is 3.89. The van der Waals surface area contributed by atoms with E-state index in [0.717, 1.165) is 31.1 Å². The minimum atomic E-state index is 0.279. The molecule has 1 N–H and O–H groups in total. The lowest BCUT2D eigenvalue weighted by Crippen LogP contribution is -1.81. The summed E-state index contributed by atoms with van der Waals surface area (Å²) >= 11 is 5.24. The molecule has 2 nitrogen and oxygen atoms in total. The third-order valence-electron chi connectivity index (χ3n) is 1.69. The van der Waals surface area contributed by atoms with Gasteiger partial charge in [0.05, 0.1) is 5.17 Å². The minimum absolute atomic E-state index is 0.279. The SMILES string of the molecule is CCCCC(=N)Cl.O=Cc1ccccc1. The van der Waals surface area contributed by atoms with Gasteiger partial charge in [0.1, 0.15) is 6.29 Å². The molecule has 0 fully saturated rings. The van der Waals surface area contributed by atoms with E-state index in [-0.39, 0.29) is 5.17 Å². The van der Waals surface area contributed by atoms with Crippen LogP contribution in [0.15, 0.2) is 30.3 Å². The van der Waals surface area contributed by atoms with Gasteiger partial charge in [-0.25, -0.2) is 0 Å². The molecule has 0 aliphatic rings. The Morgan fingerprint density at radius 1 is 1.40 bits per heavy atom. The maximum absolute atomic E-state index is 10.0. The van der Waals surface area contributed by atoms with Crippen LogP contribution in [-0.4, -0.2) is 11.5 Å². The zero-order valence-corrected chi connectivity index (χ0v) is 9.63. The molecule has 1 aromatic carbocycles. The molecule has 0 saturated heterocycles. The van der Waals surface area contributed by atoms with Crippen LogP contribution in [0.1, 0.15) is 36.5 Å². The Kier molecular flexibility index (Phi) is 8.69. The molecule has 0 heterocycles. The van der Waals surface area contributed by atoms with Crippen LogP contribution in [0.2, 0.25) is 0 Å². The van der Waals surface area contributed by atoms with Gasteiger partial charge < -0.3 is 0 Å². The van der Waals surface area contributed by atoms with Crippen molar-refractivity contribution in [3.05, 3.63) is 35.9 Å². The molecule has 1 aromatic rings. The number of aldehydes is 1. The highest BCUT2D eigenvalue weighted by Gasteiger charge is 1.85. The van der Waals surface area contributed by atoms with Gasteiger partial charge in [-0.1, -0.05) is 55.3 Å². The third kappa shape index (κ3) is 9.16. The fourth-order valence-electron chi connectivity index (χ4n) is 0.864. The summed E-state index contributed by atoms with van der Waals surface area (Å²) in [5.41, 5.74) is 0.729. The fourth-order valence-corrected chi connectivity index (χ4v) is 0.997. The van der Waals surface area contributed by atoms with Gasteiger partial charge in [-0.2, -0.15) is 0 Å². The number of rotatable bonds is 4. The van der Waals surface area contributed by atoms with Crippen LogP contribution >= 0.6 is 11.6 Å². The van der Waals surface area contributed by atoms with Crippen LogP contribution < -0.4 is 0 Å². The van der Waals surface area contributed by atoms with Crippen molar-refractivity contribution in [2.45, 2.75) is 26.2 Å². The number of hydrogen-bond donors (Lipinski definition) is 1. The number of unbranched alkanes of at least 4 members (excludes halogenated alkanes) is 1. The Bertz CT molecular complexity index is 285. The number of benzene rings is 1. The van der Waals surface area contributed by atoms with E-state index in [2.05, 4.69) is 6.92 Å². The van der Waals surface area contributed by atoms with E-state index in [1.807, 2.05) is 18.2 Å². The van der Waals surface area contributed by atoms with Crippen LogP contribution in [0, 0.1) is 5.41 Å². The Hall–Kier alpha value is -1.15. The van der Waals surface area contributed by atoms with Gasteiger partial charge in [-0.05, 0) is 12.8 Å². The second kappa shape index (κ2) is 9.41. The molecule has 0 amide bonds. The van der Waals surface area contributed by atoms with Gasteiger partial charge in [0, 0.05) is 5.56 Å². The molecular formula is C12H16ClNO. The first-order valence-corrected chi connectivity index (χ1v) is 5.31. The highest BCUT2D eigenvalue weighted by atomic mass is 35.5. The Morgan fingerprint density at radius 3 is 2.27 bits per heavy atom. The molecular weight excluding hydrogens is 210 g/mol. The number of halogens is 1. The summed E-state index contributed by atoms with van der Waals surface area (Å²) in [5.74, 6) is 0. The van der Waals surface area contributed by atoms with Crippen LogP contribution in [0.4, 0.5) is 0 Å². The Balaban J connectivity index is 0.000000265. The lowest BCUT2D eigenvalue weighted by Gasteiger charge is -1.87. The van der Waals surface area contributed by atoms with E-state index >= 15 is 0 Å². The van der Waals surface area contributed by atoms with Crippen LogP contribution in [0.3, 0.4) is 0 Å². The van der Waals surface area contributed by atoms with E-state index < -0.39 is 0 Å². The van der Waals surface area contributed by atoms with Crippen molar-refractivity contribution < 1.29 is 4.79 Å². The molecule has 0 spiro atoms. The summed E-state index contributed by atoms with van der Waals surface area (Å²) in [7, 11) is 0. The number of carbonyl (C=O) groups excluding carboxylic acids is 1. The standard InChI is InChI=1S/C7H6O.C5H10ClN/c8-6-7-4-2-1-3-5-7;1-2-3-4-5(6)7/h1-6H;7H,2-4H2,1H3. The monoisotopic (exact) mass is 225 g/mol. The average molecular weight is 226 g/mol. The lowest BCUT2D eigenvalue weighted by atomic mass is 10.2. The quantitative estimate of drug-likeness (QED) is 0.613. The molecule has 0 aliphatic carbocycles. The summed E-state index contributed by atoms with van der Waals surface area (Å²) in [6.45, 7) is 2.08. The second-order valence-electron chi connectivity index (χ2n) is 3.04. The van der Waals surface area contributed by atoms with Gasteiger partial charge in [-0.15, -0.1) is 0 Å². The fraction of sp³-hybridized carbons (Fsp3) is 0.333. The van der Waals surface area contributed by atoms with E-state index in [4.69, 9.17) is 17.0 Å². The van der Waals surface area contributed by atoms with E-state index in [1.54, 1.807) is 12.1 Å². The van der Waals surface area contributed by atoms with E-state index in [1.165, 1.54) is 0 Å². The largest absolute Gasteiger partial charge is 0.298 e. The normalized spacial score (nSPS) is 8.67. The zero-order chi connectivity index (χ0) is 11.5. The Labute approximate surface area is 95.8 Å². The molecule has 0 aromatic heterocycles. The molecule has 15 heavy (non-hydrogen) atoms. The lowest BCUT2D eigenvalue weighted by molar-refractivity contribution is 0.112. The highest BCUT2D eigenvalue weighted by molar-refractivity contribution is 6.64. The summed E-state index contributed by atoms with van der Waals surface area (Å²) in [6, 6.07) is 9.10. The maximum atomic E-state index is 10.0. The van der Waals surface area contributed by atoms with Crippen molar-refractivity contribution in [3.8, 4) is 0 Å². The number of hydrogen-bond acceptors (Lipinski definition) is 2. The van der Waals surface area contributed by atoms with E-state index in [9.17, 15) is 4.79 Å². The number of carbonyl (C=O) groups is 1. The molecule has 0 unspecified atom stereocenters. The molecule has 0 aliphatic heterocycles. The predicted molar refractivity (Wildman–Crippen MR) is 64.9 cm³/mol. The molecule has 0 radical (unpaired) electrons. The smallest absolute Gasteiger partial charge is 0.150 e. The molecule has 0 atom stereocenters. The first-order chi connectivity index (χ1) is 7.20. The van der Waals surface area contributed by atoms with Crippen LogP contribution in [-0.2, 0) is 0 Å². The Morgan fingerprint density at radius 2 is 2.00 bits per heavy atom. The first kappa shape index (κ1) is 13.8. The summed E-state index contributed by atoms with van der Waals surface area (Å²) < 4.78 is 0. The average Bonchev–Trinajstić information content (AvgIpc) is 2.28. The second-order valence-corrected chi connectivity index (χ2v) is 3.49. The summed E-state index contributed by atoms with van der Waals surface area (Å²) in [6.07, 6.45) is 3.75. The minimum Gasteiger partial charge on any atom is -0.298 e. The zero-order valence-electron chi connectivity index (χ0n) is 8.87. The summed E-state index contributed by atoms with van der Waals surface area (Å²) in [4.78, 5) is 10.0. The third-order valence-corrected chi connectivity index (χ3v) is 1.87. The first-order valence-electron chi connectivity index (χ1n) is 4.93. The van der Waals surface area contributed by atoms with Crippen LogP contribution in [0.5, 0.6) is 0 Å². The van der Waals surface area contributed by atoms with Gasteiger partial charge in [0.2, 0.25) is 0 Å². The van der Waals surface area contributed by atoms with Gasteiger partial charge in [0.15, 0.2) is 0 Å². The van der Waals surface area contributed by atoms with Gasteiger partial charge in [-0.3, -0.25) is 10.2 Å². The molecule has 0 bridgehead atoms. The maximum Gasteiger partial charge on any atom is 0.150 e. The van der Waals surface area contributed by atoms with Crippen molar-refractivity contribution in [2.24, 2.45) is 0 Å². The topological polar surface area (TPSA) is 40.9 Å². The van der Waals surface area contributed by atoms with Crippen LogP contribution in [0.25, 0.3) is 0 Å². The summed E-state index contributed by atoms with van der Waals surface area (Å²) in [5, 5.41) is 7.04. The highest BCUT2D eigenvalue weighted by Crippen LogP contribution is 1.97. The van der Waals surface area contributed by atoms with Gasteiger partial charge >= 0.3 is 0 Å². The molecule has 82 valence electrons. The van der Waals surface area contributed by atoms with Crippen molar-refractivity contribution in [1.29, 1.82) is 5.41 Å². The van der Waals surface area contributed by atoms with Crippen molar-refractivity contribution in [1.82, 2.24) is 0 Å². The molecule has 3 heteroatoms. The molecule has 1 rings (SSSR count).